The number of ether oxygens (including phenoxy) is 2. The molecule has 3 heterocycles. The number of hydrogen-bond acceptors (Lipinski definition) is 12. The van der Waals surface area contributed by atoms with Gasteiger partial charge in [-0.1, -0.05) is 44.9 Å². The summed E-state index contributed by atoms with van der Waals surface area (Å²) in [5.41, 5.74) is 2.17. The van der Waals surface area contributed by atoms with E-state index in [0.717, 1.165) is 12.8 Å². The molecule has 1 saturated carbocycles. The number of anilines is 1. The molecule has 14 nitrogen and oxygen atoms in total. The quantitative estimate of drug-likeness (QED) is 0.174. The second-order valence-electron chi connectivity index (χ2n) is 10.4. The Bertz CT molecular complexity index is 1540. The van der Waals surface area contributed by atoms with Crippen molar-refractivity contribution in [2.24, 2.45) is 5.92 Å². The molecule has 2 aliphatic rings. The highest BCUT2D eigenvalue weighted by Crippen LogP contribution is 2.63. The second-order valence-corrected chi connectivity index (χ2v) is 12.1. The number of hydrogen-bond donors (Lipinski definition) is 4. The average Bonchev–Trinajstić information content (AvgIpc) is 3.25. The van der Waals surface area contributed by atoms with Gasteiger partial charge in [0.15, 0.2) is 11.4 Å². The Morgan fingerprint density at radius 2 is 2.00 bits per heavy atom. The molecule has 224 valence electrons. The lowest BCUT2D eigenvalue weighted by Crippen LogP contribution is -2.47. The summed E-state index contributed by atoms with van der Waals surface area (Å²) in [7, 11) is -4.41. The van der Waals surface area contributed by atoms with Crippen LogP contribution in [0.3, 0.4) is 0 Å². The molecule has 3 aromatic rings. The van der Waals surface area contributed by atoms with Crippen molar-refractivity contribution in [3.8, 4) is 11.8 Å². The van der Waals surface area contributed by atoms with E-state index in [1.807, 2.05) is 19.9 Å². The van der Waals surface area contributed by atoms with Crippen molar-refractivity contribution in [1.82, 2.24) is 19.7 Å². The van der Waals surface area contributed by atoms with Crippen LogP contribution in [0.15, 0.2) is 48.8 Å². The van der Waals surface area contributed by atoms with Gasteiger partial charge >= 0.3 is 13.7 Å². The summed E-state index contributed by atoms with van der Waals surface area (Å²) < 4.78 is 38.1. The van der Waals surface area contributed by atoms with Crippen LogP contribution in [-0.4, -0.2) is 67.3 Å². The third-order valence-electron chi connectivity index (χ3n) is 7.78. The van der Waals surface area contributed by atoms with Crippen molar-refractivity contribution >= 4 is 25.1 Å². The molecule has 2 unspecified atom stereocenters. The van der Waals surface area contributed by atoms with Gasteiger partial charge < -0.3 is 29.9 Å². The predicted octanol–water partition coefficient (Wildman–Crippen LogP) is 2.06. The molecule has 0 spiro atoms. The maximum absolute atomic E-state index is 14.0. The van der Waals surface area contributed by atoms with Crippen LogP contribution in [-0.2, 0) is 29.0 Å². The number of nitrogens with zero attached hydrogens (tertiary/aromatic N) is 4. The van der Waals surface area contributed by atoms with Crippen LogP contribution in [0.4, 0.5) is 5.82 Å². The van der Waals surface area contributed by atoms with E-state index in [-0.39, 0.29) is 29.8 Å². The fourth-order valence-corrected chi connectivity index (χ4v) is 6.81. The minimum atomic E-state index is -4.41. The predicted molar refractivity (Wildman–Crippen MR) is 148 cm³/mol. The lowest BCUT2D eigenvalue weighted by Gasteiger charge is -2.30. The number of aliphatic hydroxyl groups is 2. The number of aliphatic hydroxyl groups excluding tert-OH is 1. The summed E-state index contributed by atoms with van der Waals surface area (Å²) in [5, 5.41) is 39.6. The molecule has 2 fully saturated rings. The Morgan fingerprint density at radius 3 is 2.62 bits per heavy atom. The number of para-hydroxylation sites is 1. The molecule has 5 N–H and O–H groups in total. The Hall–Kier alpha value is -3.57. The monoisotopic (exact) mass is 600 g/mol. The van der Waals surface area contributed by atoms with Crippen LogP contribution in [0, 0.1) is 17.2 Å². The number of nitriles is 1. The first kappa shape index (κ1) is 29.9. The number of esters is 1. The van der Waals surface area contributed by atoms with E-state index in [1.165, 1.54) is 36.0 Å². The van der Waals surface area contributed by atoms with E-state index in [0.29, 0.717) is 5.52 Å². The molecule has 1 saturated heterocycles. The van der Waals surface area contributed by atoms with Gasteiger partial charge in [0.1, 0.15) is 48.0 Å². The van der Waals surface area contributed by atoms with Crippen LogP contribution >= 0.6 is 7.75 Å². The maximum atomic E-state index is 14.0. The second kappa shape index (κ2) is 11.3. The Labute approximate surface area is 241 Å². The number of carbonyl (C=O) groups is 1. The van der Waals surface area contributed by atoms with Gasteiger partial charge in [0, 0.05) is 0 Å². The van der Waals surface area contributed by atoms with E-state index < -0.39 is 49.3 Å². The minimum Gasteiger partial charge on any atom is -0.464 e. The Kier molecular flexibility index (Phi) is 8.02. The van der Waals surface area contributed by atoms with Crippen LogP contribution in [0.5, 0.6) is 5.75 Å². The first-order chi connectivity index (χ1) is 20.0. The average molecular weight is 601 g/mol. The van der Waals surface area contributed by atoms with Crippen molar-refractivity contribution in [3.63, 3.8) is 0 Å². The zero-order valence-corrected chi connectivity index (χ0v) is 24.2. The molecule has 7 atom stereocenters. The van der Waals surface area contributed by atoms with Crippen molar-refractivity contribution in [3.05, 3.63) is 54.5 Å². The molecule has 5 rings (SSSR count). The van der Waals surface area contributed by atoms with E-state index in [2.05, 4.69) is 15.2 Å². The van der Waals surface area contributed by atoms with Gasteiger partial charge in [-0.25, -0.2) is 14.1 Å². The largest absolute Gasteiger partial charge is 0.464 e. The van der Waals surface area contributed by atoms with E-state index in [9.17, 15) is 24.8 Å². The smallest absolute Gasteiger partial charge is 0.459 e. The summed E-state index contributed by atoms with van der Waals surface area (Å²) in [6.45, 7) is 5.64. The summed E-state index contributed by atoms with van der Waals surface area (Å²) in [6, 6.07) is 12.0. The third-order valence-corrected chi connectivity index (χ3v) is 9.44. The van der Waals surface area contributed by atoms with Crippen molar-refractivity contribution < 1.29 is 38.1 Å². The maximum Gasteiger partial charge on any atom is 0.459 e. The summed E-state index contributed by atoms with van der Waals surface area (Å²) in [6.07, 6.45) is -1.67. The van der Waals surface area contributed by atoms with Crippen molar-refractivity contribution in [2.75, 3.05) is 12.3 Å². The molecule has 1 aliphatic heterocycles. The first-order valence-corrected chi connectivity index (χ1v) is 15.1. The summed E-state index contributed by atoms with van der Waals surface area (Å²) >= 11 is 0. The van der Waals surface area contributed by atoms with Crippen LogP contribution in [0.25, 0.3) is 5.52 Å². The zero-order chi connectivity index (χ0) is 30.3. The lowest BCUT2D eigenvalue weighted by atomic mass is 9.90. The number of aromatic nitrogens is 3. The summed E-state index contributed by atoms with van der Waals surface area (Å²) in [5.74, 6) is -0.184. The Morgan fingerprint density at radius 1 is 1.29 bits per heavy atom. The highest BCUT2D eigenvalue weighted by Gasteiger charge is 2.83. The van der Waals surface area contributed by atoms with E-state index >= 15 is 0 Å². The van der Waals surface area contributed by atoms with Gasteiger partial charge in [-0.3, -0.25) is 9.32 Å². The number of nitrogens with one attached hydrogen (secondary N) is 1. The van der Waals surface area contributed by atoms with Gasteiger partial charge in [-0.05, 0) is 37.1 Å². The topological polar surface area (TPSA) is 204 Å². The number of benzene rings is 1. The van der Waals surface area contributed by atoms with Gasteiger partial charge in [-0.15, -0.1) is 0 Å². The molecular formula is C27H33N6O8P. The lowest BCUT2D eigenvalue weighted by molar-refractivity contribution is -0.146. The minimum absolute atomic E-state index is 0.108. The van der Waals surface area contributed by atoms with Crippen LogP contribution in [0.1, 0.15) is 39.3 Å². The molecule has 0 amide bonds. The standard InChI is InChI=1S/C27H33N6O8P/c1-4-17(5-2)13-38-24(34)16(3)32-42(37,40-18-9-7-6-8-10-18)41-22-21-27(22,36)25(35)26(14-28,39-21)20-12-11-19-23(29)30-15-31-33(19)20/h6-12,15-17,21-22,25,35-36H,4-5,13H2,1-3H3,(H,32,37)(H2,29,30,31)/t16-,21-,22?,25+,26+,27+,42?/m1/s1. The molecule has 0 radical (unpaired) electrons. The molecule has 1 aliphatic carbocycles. The van der Waals surface area contributed by atoms with Gasteiger partial charge in [-0.2, -0.15) is 15.4 Å². The fraction of sp³-hybridized carbons (Fsp3) is 0.481. The Balaban J connectivity index is 1.37. The summed E-state index contributed by atoms with van der Waals surface area (Å²) in [4.78, 5) is 16.6. The molecule has 2 aromatic heterocycles. The SMILES string of the molecule is CCC(CC)COC(=O)[C@@H](C)NP(=O)(Oc1ccccc1)OC1[C@H]2O[C@@](C#N)(c3ccc4c(N)ncnn34)[C@H](O)[C@@]12O. The number of fused-ring (bicyclic) bond motifs is 2. The number of carbonyl (C=O) groups excluding carboxylic acids is 1. The number of rotatable bonds is 12. The fourth-order valence-electron chi connectivity index (χ4n) is 5.09. The molecule has 0 bridgehead atoms. The normalized spacial score (nSPS) is 28.5. The van der Waals surface area contributed by atoms with E-state index in [1.54, 1.807) is 24.3 Å². The molecule has 1 aromatic carbocycles. The highest BCUT2D eigenvalue weighted by atomic mass is 31.2. The molecule has 42 heavy (non-hydrogen) atoms. The van der Waals surface area contributed by atoms with Gasteiger partial charge in [0.05, 0.1) is 12.3 Å². The van der Waals surface area contributed by atoms with Gasteiger partial charge in [0.25, 0.3) is 0 Å². The van der Waals surface area contributed by atoms with Crippen LogP contribution < -0.4 is 15.3 Å². The van der Waals surface area contributed by atoms with Crippen LogP contribution in [0.2, 0.25) is 0 Å². The van der Waals surface area contributed by atoms with E-state index in [4.69, 9.17) is 24.3 Å². The third kappa shape index (κ3) is 5.02. The molecule has 15 heteroatoms. The van der Waals surface area contributed by atoms with Crippen molar-refractivity contribution in [1.29, 1.82) is 5.26 Å². The highest BCUT2D eigenvalue weighted by molar-refractivity contribution is 7.52. The van der Waals surface area contributed by atoms with Crippen molar-refractivity contribution in [2.45, 2.75) is 69.2 Å². The number of nitrogens with two attached hydrogens (primary N) is 1. The number of nitrogen functional groups attached to an aromatic ring is 1. The van der Waals surface area contributed by atoms with Gasteiger partial charge in [0.2, 0.25) is 5.60 Å². The first-order valence-electron chi connectivity index (χ1n) is 13.6. The molecular weight excluding hydrogens is 567 g/mol. The zero-order valence-electron chi connectivity index (χ0n) is 23.3.